The molecular formula is C20H18O3. The first-order chi connectivity index (χ1) is 11.1. The molecule has 0 N–H and O–H groups in total. The molecule has 0 saturated carbocycles. The van der Waals surface area contributed by atoms with Gasteiger partial charge in [-0.05, 0) is 31.2 Å². The summed E-state index contributed by atoms with van der Waals surface area (Å²) in [4.78, 5) is 11.3. The number of carbonyl (C=O) groups is 1. The van der Waals surface area contributed by atoms with Crippen molar-refractivity contribution < 1.29 is 14.3 Å². The van der Waals surface area contributed by atoms with Crippen LogP contribution in [0.1, 0.15) is 23.6 Å². The first-order valence-electron chi connectivity index (χ1n) is 7.19. The summed E-state index contributed by atoms with van der Waals surface area (Å²) in [5.74, 6) is 6.79. The predicted molar refractivity (Wildman–Crippen MR) is 90.8 cm³/mol. The van der Waals surface area contributed by atoms with E-state index in [0.717, 1.165) is 22.4 Å². The van der Waals surface area contributed by atoms with Gasteiger partial charge < -0.3 is 9.47 Å². The Morgan fingerprint density at radius 3 is 2.26 bits per heavy atom. The minimum Gasteiger partial charge on any atom is -0.497 e. The van der Waals surface area contributed by atoms with Crippen molar-refractivity contribution in [2.24, 2.45) is 0 Å². The van der Waals surface area contributed by atoms with Gasteiger partial charge in [-0.2, -0.15) is 0 Å². The van der Waals surface area contributed by atoms with E-state index in [9.17, 15) is 4.79 Å². The number of hydrogen-bond acceptors (Lipinski definition) is 3. The van der Waals surface area contributed by atoms with Gasteiger partial charge in [0.1, 0.15) is 11.5 Å². The topological polar surface area (TPSA) is 35.5 Å². The van der Waals surface area contributed by atoms with E-state index in [2.05, 4.69) is 11.8 Å². The molecule has 0 fully saturated rings. The Morgan fingerprint density at radius 2 is 1.70 bits per heavy atom. The van der Waals surface area contributed by atoms with Crippen molar-refractivity contribution in [1.82, 2.24) is 0 Å². The maximum atomic E-state index is 11.3. The zero-order chi connectivity index (χ0) is 16.7. The van der Waals surface area contributed by atoms with Gasteiger partial charge in [0.05, 0.1) is 7.11 Å². The Morgan fingerprint density at radius 1 is 1.04 bits per heavy atom. The number of methoxy groups -OCH3 is 1. The van der Waals surface area contributed by atoms with Gasteiger partial charge in [0.2, 0.25) is 0 Å². The maximum Gasteiger partial charge on any atom is 0.308 e. The number of benzene rings is 2. The molecule has 0 saturated heterocycles. The Hall–Kier alpha value is -2.99. The van der Waals surface area contributed by atoms with Gasteiger partial charge in [0.15, 0.2) is 0 Å². The Kier molecular flexibility index (Phi) is 5.60. The lowest BCUT2D eigenvalue weighted by molar-refractivity contribution is -0.134. The van der Waals surface area contributed by atoms with Crippen molar-refractivity contribution in [3.63, 3.8) is 0 Å². The summed E-state index contributed by atoms with van der Waals surface area (Å²) in [6.45, 7) is 3.38. The van der Waals surface area contributed by atoms with Crippen molar-refractivity contribution >= 4 is 11.7 Å². The fourth-order valence-electron chi connectivity index (χ4n) is 1.90. The molecule has 0 aromatic heterocycles. The second-order valence-electron chi connectivity index (χ2n) is 4.97. The van der Waals surface area contributed by atoms with Crippen LogP contribution in [0.3, 0.4) is 0 Å². The fourth-order valence-corrected chi connectivity index (χ4v) is 1.90. The molecule has 2 aromatic carbocycles. The van der Waals surface area contributed by atoms with Crippen LogP contribution in [0.5, 0.6) is 5.75 Å². The van der Waals surface area contributed by atoms with Crippen molar-refractivity contribution in [2.75, 3.05) is 7.11 Å². The molecule has 116 valence electrons. The van der Waals surface area contributed by atoms with E-state index in [1.165, 1.54) is 6.92 Å². The summed E-state index contributed by atoms with van der Waals surface area (Å²) in [5.41, 5.74) is 2.81. The molecule has 0 aliphatic carbocycles. The highest BCUT2D eigenvalue weighted by Crippen LogP contribution is 2.17. The van der Waals surface area contributed by atoms with E-state index in [4.69, 9.17) is 9.47 Å². The van der Waals surface area contributed by atoms with Crippen LogP contribution in [0.15, 0.2) is 54.6 Å². The third-order valence-corrected chi connectivity index (χ3v) is 3.10. The van der Waals surface area contributed by atoms with Gasteiger partial charge in [-0.25, -0.2) is 0 Å². The average molecular weight is 306 g/mol. The van der Waals surface area contributed by atoms with Gasteiger partial charge >= 0.3 is 5.97 Å². The summed E-state index contributed by atoms with van der Waals surface area (Å²) >= 11 is 0. The van der Waals surface area contributed by atoms with Gasteiger partial charge in [-0.3, -0.25) is 4.79 Å². The molecule has 0 unspecified atom stereocenters. The number of esters is 1. The van der Waals surface area contributed by atoms with Crippen LogP contribution in [0.4, 0.5) is 0 Å². The molecule has 2 aromatic rings. The van der Waals surface area contributed by atoms with Gasteiger partial charge in [-0.1, -0.05) is 41.7 Å². The first-order valence-corrected chi connectivity index (χ1v) is 7.19. The number of hydrogen-bond donors (Lipinski definition) is 0. The second kappa shape index (κ2) is 7.86. The highest BCUT2D eigenvalue weighted by Gasteiger charge is 2.04. The zero-order valence-corrected chi connectivity index (χ0v) is 13.4. The van der Waals surface area contributed by atoms with Crippen LogP contribution in [0, 0.1) is 18.8 Å². The molecule has 3 nitrogen and oxygen atoms in total. The number of carbonyl (C=O) groups excluding carboxylic acids is 1. The van der Waals surface area contributed by atoms with Crippen molar-refractivity contribution in [3.05, 3.63) is 71.3 Å². The van der Waals surface area contributed by atoms with Crippen molar-refractivity contribution in [3.8, 4) is 17.6 Å². The Labute approximate surface area is 136 Å². The van der Waals surface area contributed by atoms with Crippen LogP contribution in [0.2, 0.25) is 0 Å². The van der Waals surface area contributed by atoms with Crippen LogP contribution in [-0.2, 0) is 9.53 Å². The summed E-state index contributed by atoms with van der Waals surface area (Å²) in [7, 11) is 1.62. The fraction of sp³-hybridized carbons (Fsp3) is 0.150. The molecule has 0 atom stereocenters. The summed E-state index contributed by atoms with van der Waals surface area (Å²) in [6.07, 6.45) is 1.61. The summed E-state index contributed by atoms with van der Waals surface area (Å²) < 4.78 is 10.4. The van der Waals surface area contributed by atoms with Crippen molar-refractivity contribution in [1.29, 1.82) is 0 Å². The Bertz CT molecular complexity index is 757. The number of ether oxygens (including phenoxy) is 2. The monoisotopic (exact) mass is 306 g/mol. The number of allylic oxidation sites excluding steroid dienone is 1. The second-order valence-corrected chi connectivity index (χ2v) is 4.97. The minimum atomic E-state index is -0.372. The van der Waals surface area contributed by atoms with E-state index in [0.29, 0.717) is 5.76 Å². The lowest BCUT2D eigenvalue weighted by Crippen LogP contribution is -1.98. The smallest absolute Gasteiger partial charge is 0.308 e. The Balaban J connectivity index is 2.25. The molecule has 0 aliphatic rings. The first kappa shape index (κ1) is 16.4. The quantitative estimate of drug-likeness (QED) is 0.489. The van der Waals surface area contributed by atoms with E-state index in [1.807, 2.05) is 55.5 Å². The molecule has 0 radical (unpaired) electrons. The van der Waals surface area contributed by atoms with Crippen molar-refractivity contribution in [2.45, 2.75) is 13.8 Å². The van der Waals surface area contributed by atoms with E-state index < -0.39 is 0 Å². The zero-order valence-electron chi connectivity index (χ0n) is 13.4. The predicted octanol–water partition coefficient (Wildman–Crippen LogP) is 3.96. The van der Waals surface area contributed by atoms with Crippen LogP contribution in [-0.4, -0.2) is 13.1 Å². The van der Waals surface area contributed by atoms with E-state index >= 15 is 0 Å². The maximum absolute atomic E-state index is 11.3. The molecule has 0 amide bonds. The lowest BCUT2D eigenvalue weighted by Gasteiger charge is -2.06. The summed E-state index contributed by atoms with van der Waals surface area (Å²) in [5, 5.41) is 0. The number of aryl methyl sites for hydroxylation is 1. The highest BCUT2D eigenvalue weighted by molar-refractivity contribution is 5.77. The molecule has 0 spiro atoms. The minimum absolute atomic E-state index is 0.372. The number of rotatable bonds is 3. The van der Waals surface area contributed by atoms with Gasteiger partial charge in [-0.15, -0.1) is 0 Å². The van der Waals surface area contributed by atoms with Crippen LogP contribution >= 0.6 is 0 Å². The average Bonchev–Trinajstić information content (AvgIpc) is 2.55. The third kappa shape index (κ3) is 5.05. The van der Waals surface area contributed by atoms with Gasteiger partial charge in [0.25, 0.3) is 0 Å². The standard InChI is InChI=1S/C20H18O3/c1-15-7-11-18(12-8-15)20(23-16(2)21)6-4-5-17-9-13-19(22-3)14-10-17/h6-14H,1-3H3/b20-6-. The summed E-state index contributed by atoms with van der Waals surface area (Å²) in [6, 6.07) is 15.2. The van der Waals surface area contributed by atoms with Gasteiger partial charge in [0, 0.05) is 24.1 Å². The third-order valence-electron chi connectivity index (χ3n) is 3.10. The molecular weight excluding hydrogens is 288 g/mol. The molecule has 0 bridgehead atoms. The van der Waals surface area contributed by atoms with E-state index in [1.54, 1.807) is 13.2 Å². The molecule has 3 heteroatoms. The molecule has 2 rings (SSSR count). The molecule has 0 aliphatic heterocycles. The lowest BCUT2D eigenvalue weighted by atomic mass is 10.1. The SMILES string of the molecule is COc1ccc(C#C/C=C(\OC(C)=O)c2ccc(C)cc2)cc1. The van der Waals surface area contributed by atoms with E-state index in [-0.39, 0.29) is 5.97 Å². The van der Waals surface area contributed by atoms with Crippen LogP contribution in [0.25, 0.3) is 5.76 Å². The normalized spacial score (nSPS) is 10.5. The molecule has 0 heterocycles. The largest absolute Gasteiger partial charge is 0.497 e. The van der Waals surface area contributed by atoms with Crippen LogP contribution < -0.4 is 4.74 Å². The molecule has 23 heavy (non-hydrogen) atoms. The highest BCUT2D eigenvalue weighted by atomic mass is 16.5.